The third-order valence-electron chi connectivity index (χ3n) is 3.61. The highest BCUT2D eigenvalue weighted by Crippen LogP contribution is 2.19. The first-order valence-corrected chi connectivity index (χ1v) is 7.09. The van der Waals surface area contributed by atoms with Crippen LogP contribution in [-0.4, -0.2) is 65.9 Å². The number of esters is 1. The monoisotopic (exact) mass is 297 g/mol. The molecule has 2 fully saturated rings. The smallest absolute Gasteiger partial charge is 0.328 e. The van der Waals surface area contributed by atoms with Gasteiger partial charge in [-0.25, -0.2) is 9.59 Å². The van der Waals surface area contributed by atoms with Crippen molar-refractivity contribution in [2.75, 3.05) is 26.2 Å². The van der Waals surface area contributed by atoms with Crippen LogP contribution in [0.4, 0.5) is 4.79 Å². The lowest BCUT2D eigenvalue weighted by molar-refractivity contribution is -0.157. The van der Waals surface area contributed by atoms with Gasteiger partial charge in [-0.1, -0.05) is 0 Å². The molecule has 8 heteroatoms. The third-order valence-corrected chi connectivity index (χ3v) is 3.61. The highest BCUT2D eigenvalue weighted by atomic mass is 16.5. The van der Waals surface area contributed by atoms with Crippen molar-refractivity contribution >= 4 is 23.8 Å². The van der Waals surface area contributed by atoms with Crippen LogP contribution < -0.4 is 5.32 Å². The molecular formula is C13H19N3O5. The van der Waals surface area contributed by atoms with Gasteiger partial charge >= 0.3 is 12.0 Å². The number of hydrogen-bond acceptors (Lipinski definition) is 5. The lowest BCUT2D eigenvalue weighted by atomic mass is 10.0. The van der Waals surface area contributed by atoms with E-state index in [1.54, 1.807) is 6.92 Å². The van der Waals surface area contributed by atoms with Crippen molar-refractivity contribution in [1.82, 2.24) is 15.1 Å². The minimum Gasteiger partial charge on any atom is -0.464 e. The van der Waals surface area contributed by atoms with Crippen molar-refractivity contribution < 1.29 is 23.9 Å². The van der Waals surface area contributed by atoms with Gasteiger partial charge in [-0.05, 0) is 26.2 Å². The highest BCUT2D eigenvalue weighted by Gasteiger charge is 2.37. The number of piperidine rings is 1. The predicted molar refractivity (Wildman–Crippen MR) is 71.1 cm³/mol. The van der Waals surface area contributed by atoms with E-state index in [1.807, 2.05) is 0 Å². The molecule has 2 aliphatic heterocycles. The van der Waals surface area contributed by atoms with Crippen LogP contribution in [-0.2, 0) is 19.1 Å². The number of carbonyl (C=O) groups excluding carboxylic acids is 4. The molecule has 21 heavy (non-hydrogen) atoms. The van der Waals surface area contributed by atoms with E-state index in [-0.39, 0.29) is 19.7 Å². The lowest BCUT2D eigenvalue weighted by Crippen LogP contribution is -2.52. The van der Waals surface area contributed by atoms with Crippen molar-refractivity contribution in [2.45, 2.75) is 32.2 Å². The zero-order valence-corrected chi connectivity index (χ0v) is 12.0. The van der Waals surface area contributed by atoms with Crippen molar-refractivity contribution in [3.8, 4) is 0 Å². The van der Waals surface area contributed by atoms with E-state index in [1.165, 1.54) is 4.90 Å². The normalized spacial score (nSPS) is 22.2. The minimum absolute atomic E-state index is 0.0899. The first-order valence-electron chi connectivity index (χ1n) is 7.09. The van der Waals surface area contributed by atoms with Gasteiger partial charge in [0.15, 0.2) is 0 Å². The zero-order chi connectivity index (χ0) is 15.4. The van der Waals surface area contributed by atoms with Crippen LogP contribution in [0.15, 0.2) is 0 Å². The summed E-state index contributed by atoms with van der Waals surface area (Å²) in [5.41, 5.74) is 0. The Balaban J connectivity index is 2.03. The minimum atomic E-state index is -0.619. The average Bonchev–Trinajstić information content (AvgIpc) is 2.79. The molecule has 0 saturated carbocycles. The van der Waals surface area contributed by atoms with Gasteiger partial charge in [0.25, 0.3) is 5.91 Å². The van der Waals surface area contributed by atoms with Gasteiger partial charge < -0.3 is 15.0 Å². The fourth-order valence-corrected chi connectivity index (χ4v) is 2.55. The largest absolute Gasteiger partial charge is 0.464 e. The molecule has 1 N–H and O–H groups in total. The van der Waals surface area contributed by atoms with Gasteiger partial charge in [0.2, 0.25) is 5.91 Å². The molecule has 2 saturated heterocycles. The number of hydrogen-bond donors (Lipinski definition) is 1. The van der Waals surface area contributed by atoms with Gasteiger partial charge in [-0.2, -0.15) is 0 Å². The maximum atomic E-state index is 12.3. The van der Waals surface area contributed by atoms with Crippen molar-refractivity contribution in [2.24, 2.45) is 0 Å². The first kappa shape index (κ1) is 15.3. The quantitative estimate of drug-likeness (QED) is 0.556. The Morgan fingerprint density at radius 2 is 2.10 bits per heavy atom. The van der Waals surface area contributed by atoms with Crippen LogP contribution in [0.1, 0.15) is 26.2 Å². The zero-order valence-electron chi connectivity index (χ0n) is 12.0. The summed E-state index contributed by atoms with van der Waals surface area (Å²) < 4.78 is 4.98. The predicted octanol–water partition coefficient (Wildman–Crippen LogP) is -0.518. The average molecular weight is 297 g/mol. The molecule has 0 spiro atoms. The van der Waals surface area contributed by atoms with Crippen molar-refractivity contribution in [1.29, 1.82) is 0 Å². The van der Waals surface area contributed by atoms with Gasteiger partial charge in [0.1, 0.15) is 12.6 Å². The molecule has 8 nitrogen and oxygen atoms in total. The molecule has 1 atom stereocenters. The molecule has 0 bridgehead atoms. The second kappa shape index (κ2) is 6.55. The van der Waals surface area contributed by atoms with E-state index in [2.05, 4.69) is 5.32 Å². The molecule has 4 amide bonds. The molecule has 0 radical (unpaired) electrons. The molecule has 0 aliphatic carbocycles. The third kappa shape index (κ3) is 3.32. The first-order chi connectivity index (χ1) is 10.0. The Kier molecular flexibility index (Phi) is 4.77. The van der Waals surface area contributed by atoms with Crippen LogP contribution in [0.3, 0.4) is 0 Å². The van der Waals surface area contributed by atoms with Crippen LogP contribution >= 0.6 is 0 Å². The highest BCUT2D eigenvalue weighted by molar-refractivity contribution is 6.04. The number of nitrogens with zero attached hydrogens (tertiary/aromatic N) is 2. The summed E-state index contributed by atoms with van der Waals surface area (Å²) in [5, 5.41) is 2.36. The molecule has 0 aromatic heterocycles. The van der Waals surface area contributed by atoms with Crippen LogP contribution in [0.25, 0.3) is 0 Å². The summed E-state index contributed by atoms with van der Waals surface area (Å²) in [4.78, 5) is 49.5. The van der Waals surface area contributed by atoms with Gasteiger partial charge in [0.05, 0.1) is 13.2 Å². The summed E-state index contributed by atoms with van der Waals surface area (Å²) >= 11 is 0. The standard InChI is InChI=1S/C13H19N3O5/c1-2-21-12(19)9-5-3-4-6-15(9)11(18)8-16-10(17)7-14-13(16)20/h9H,2-8H2,1H3,(H,14,20). The molecule has 1 unspecified atom stereocenters. The Bertz CT molecular complexity index is 449. The van der Waals surface area contributed by atoms with Gasteiger partial charge in [-0.15, -0.1) is 0 Å². The Morgan fingerprint density at radius 1 is 1.33 bits per heavy atom. The van der Waals surface area contributed by atoms with Crippen LogP contribution in [0.5, 0.6) is 0 Å². The Hall–Kier alpha value is -2.12. The fraction of sp³-hybridized carbons (Fsp3) is 0.692. The number of amides is 4. The lowest BCUT2D eigenvalue weighted by Gasteiger charge is -2.34. The second-order valence-electron chi connectivity index (χ2n) is 4.99. The molecular weight excluding hydrogens is 278 g/mol. The topological polar surface area (TPSA) is 96.0 Å². The molecule has 0 aromatic rings. The summed E-state index contributed by atoms with van der Waals surface area (Å²) in [6.07, 6.45) is 2.18. The van der Waals surface area contributed by atoms with E-state index >= 15 is 0 Å². The van der Waals surface area contributed by atoms with Crippen molar-refractivity contribution in [3.05, 3.63) is 0 Å². The summed E-state index contributed by atoms with van der Waals surface area (Å²) in [6, 6.07) is -1.19. The molecule has 2 aliphatic rings. The number of imide groups is 1. The van der Waals surface area contributed by atoms with E-state index in [0.717, 1.165) is 17.7 Å². The number of likely N-dealkylation sites (tertiary alicyclic amines) is 1. The fourth-order valence-electron chi connectivity index (χ4n) is 2.55. The van der Waals surface area contributed by atoms with E-state index in [4.69, 9.17) is 4.74 Å². The second-order valence-corrected chi connectivity index (χ2v) is 4.99. The molecule has 2 heterocycles. The van der Waals surface area contributed by atoms with Gasteiger partial charge in [-0.3, -0.25) is 14.5 Å². The number of rotatable bonds is 4. The van der Waals surface area contributed by atoms with E-state index in [9.17, 15) is 19.2 Å². The maximum Gasteiger partial charge on any atom is 0.328 e. The summed E-state index contributed by atoms with van der Waals surface area (Å²) in [6.45, 7) is 1.98. The van der Waals surface area contributed by atoms with Crippen LogP contribution in [0, 0.1) is 0 Å². The van der Waals surface area contributed by atoms with Crippen LogP contribution in [0.2, 0.25) is 0 Å². The molecule has 2 rings (SSSR count). The van der Waals surface area contributed by atoms with E-state index < -0.39 is 29.9 Å². The maximum absolute atomic E-state index is 12.3. The van der Waals surface area contributed by atoms with Gasteiger partial charge in [0, 0.05) is 6.54 Å². The molecule has 116 valence electrons. The number of ether oxygens (including phenoxy) is 1. The SMILES string of the molecule is CCOC(=O)C1CCCCN1C(=O)CN1C(=O)CNC1=O. The Morgan fingerprint density at radius 3 is 2.71 bits per heavy atom. The number of nitrogens with one attached hydrogen (secondary N) is 1. The molecule has 0 aromatic carbocycles. The number of carbonyl (C=O) groups is 4. The summed E-state index contributed by atoms with van der Waals surface area (Å²) in [5.74, 6) is -1.26. The van der Waals surface area contributed by atoms with E-state index in [0.29, 0.717) is 13.0 Å². The summed E-state index contributed by atoms with van der Waals surface area (Å²) in [7, 11) is 0. The number of urea groups is 1. The Labute approximate surface area is 122 Å². The van der Waals surface area contributed by atoms with Crippen molar-refractivity contribution in [3.63, 3.8) is 0 Å².